The summed E-state index contributed by atoms with van der Waals surface area (Å²) in [5.74, 6) is 1.89. The van der Waals surface area contributed by atoms with Gasteiger partial charge in [0.2, 0.25) is 0 Å². The van der Waals surface area contributed by atoms with Gasteiger partial charge in [-0.25, -0.2) is 0 Å². The number of fused-ring (bicyclic) bond motifs is 1. The van der Waals surface area contributed by atoms with E-state index in [1.54, 1.807) is 0 Å². The maximum atomic E-state index is 5.82. The predicted octanol–water partition coefficient (Wildman–Crippen LogP) is 3.91. The Balaban J connectivity index is 2.26. The maximum Gasteiger partial charge on any atom is 0.147 e. The molecule has 1 heterocycles. The van der Waals surface area contributed by atoms with E-state index >= 15 is 0 Å². The Morgan fingerprint density at radius 3 is 2.85 bits per heavy atom. The lowest BCUT2D eigenvalue weighted by atomic mass is 10.2. The predicted molar refractivity (Wildman–Crippen MR) is 60.9 cm³/mol. The van der Waals surface area contributed by atoms with Crippen molar-refractivity contribution in [1.82, 2.24) is 0 Å². The number of halogens is 1. The summed E-state index contributed by atoms with van der Waals surface area (Å²) in [6, 6.07) is 8.47. The third-order valence-corrected chi connectivity index (χ3v) is 3.34. The first-order valence-electron chi connectivity index (χ1n) is 4.52. The third-order valence-electron chi connectivity index (χ3n) is 2.49. The van der Waals surface area contributed by atoms with Crippen molar-refractivity contribution in [2.75, 3.05) is 0 Å². The van der Waals surface area contributed by atoms with Gasteiger partial charge in [0.15, 0.2) is 0 Å². The number of hydrogen-bond donors (Lipinski definition) is 0. The minimum atomic E-state index is 0.711. The van der Waals surface area contributed by atoms with E-state index < -0.39 is 0 Å². The minimum absolute atomic E-state index is 0.711. The summed E-state index contributed by atoms with van der Waals surface area (Å²) >= 11 is 2.32. The van der Waals surface area contributed by atoms with Crippen LogP contribution in [0.4, 0.5) is 0 Å². The molecule has 1 fully saturated rings. The Labute approximate surface area is 90.3 Å². The van der Waals surface area contributed by atoms with Gasteiger partial charge in [0.05, 0.1) is 3.57 Å². The van der Waals surface area contributed by atoms with Crippen molar-refractivity contribution in [2.45, 2.75) is 18.8 Å². The molecule has 0 unspecified atom stereocenters. The Bertz CT molecular complexity index is 454. The van der Waals surface area contributed by atoms with Crippen LogP contribution >= 0.6 is 22.6 Å². The molecule has 2 heteroatoms. The first kappa shape index (κ1) is 7.85. The fourth-order valence-corrected chi connectivity index (χ4v) is 2.25. The second-order valence-corrected chi connectivity index (χ2v) is 4.74. The van der Waals surface area contributed by atoms with Crippen LogP contribution in [-0.2, 0) is 0 Å². The Morgan fingerprint density at radius 2 is 2.15 bits per heavy atom. The van der Waals surface area contributed by atoms with E-state index in [2.05, 4.69) is 46.9 Å². The van der Waals surface area contributed by atoms with Gasteiger partial charge in [-0.05, 0) is 47.6 Å². The summed E-state index contributed by atoms with van der Waals surface area (Å²) in [5, 5.41) is 1.24. The molecule has 1 aliphatic carbocycles. The van der Waals surface area contributed by atoms with Gasteiger partial charge in [0.1, 0.15) is 11.3 Å². The lowest BCUT2D eigenvalue weighted by Crippen LogP contribution is -1.69. The molecule has 3 rings (SSSR count). The molecule has 1 aromatic carbocycles. The van der Waals surface area contributed by atoms with Crippen molar-refractivity contribution in [3.05, 3.63) is 33.6 Å². The van der Waals surface area contributed by atoms with Crippen LogP contribution in [0, 0.1) is 3.57 Å². The van der Waals surface area contributed by atoms with Crippen molar-refractivity contribution in [3.8, 4) is 0 Å². The Morgan fingerprint density at radius 1 is 1.31 bits per heavy atom. The molecule has 0 aliphatic heterocycles. The van der Waals surface area contributed by atoms with E-state index in [1.807, 2.05) is 0 Å². The molecule has 1 nitrogen and oxygen atoms in total. The van der Waals surface area contributed by atoms with Crippen LogP contribution in [0.1, 0.15) is 24.5 Å². The number of para-hydroxylation sites is 1. The van der Waals surface area contributed by atoms with E-state index in [-0.39, 0.29) is 0 Å². The average Bonchev–Trinajstić information content (AvgIpc) is 2.87. The first-order valence-corrected chi connectivity index (χ1v) is 5.60. The number of rotatable bonds is 1. The molecule has 0 amide bonds. The van der Waals surface area contributed by atoms with E-state index in [4.69, 9.17) is 4.42 Å². The van der Waals surface area contributed by atoms with Crippen LogP contribution in [-0.4, -0.2) is 0 Å². The van der Waals surface area contributed by atoms with Gasteiger partial charge in [0.25, 0.3) is 0 Å². The van der Waals surface area contributed by atoms with Crippen molar-refractivity contribution in [1.29, 1.82) is 0 Å². The van der Waals surface area contributed by atoms with Crippen molar-refractivity contribution in [2.24, 2.45) is 0 Å². The van der Waals surface area contributed by atoms with E-state index in [0.717, 1.165) is 5.58 Å². The lowest BCUT2D eigenvalue weighted by Gasteiger charge is -1.90. The zero-order chi connectivity index (χ0) is 8.84. The SMILES string of the molecule is Ic1cccc2cc(C3CC3)oc12. The summed E-state index contributed by atoms with van der Waals surface area (Å²) in [7, 11) is 0. The molecule has 0 bridgehead atoms. The van der Waals surface area contributed by atoms with Crippen LogP contribution in [0.15, 0.2) is 28.7 Å². The van der Waals surface area contributed by atoms with Crippen LogP contribution in [0.25, 0.3) is 11.0 Å². The molecule has 0 radical (unpaired) electrons. The fourth-order valence-electron chi connectivity index (χ4n) is 1.62. The maximum absolute atomic E-state index is 5.82. The van der Waals surface area contributed by atoms with E-state index in [0.29, 0.717) is 5.92 Å². The third kappa shape index (κ3) is 1.27. The molecule has 1 aromatic heterocycles. The molecule has 1 saturated carbocycles. The Kier molecular flexibility index (Phi) is 1.65. The molecule has 0 spiro atoms. The van der Waals surface area contributed by atoms with Gasteiger partial charge >= 0.3 is 0 Å². The van der Waals surface area contributed by atoms with Gasteiger partial charge < -0.3 is 4.42 Å². The smallest absolute Gasteiger partial charge is 0.147 e. The summed E-state index contributed by atoms with van der Waals surface area (Å²) in [6.07, 6.45) is 2.60. The quantitative estimate of drug-likeness (QED) is 0.723. The zero-order valence-electron chi connectivity index (χ0n) is 7.09. The molecule has 0 atom stereocenters. The highest BCUT2D eigenvalue weighted by Gasteiger charge is 2.27. The van der Waals surface area contributed by atoms with Crippen LogP contribution < -0.4 is 0 Å². The van der Waals surface area contributed by atoms with Crippen molar-refractivity contribution in [3.63, 3.8) is 0 Å². The van der Waals surface area contributed by atoms with Gasteiger partial charge in [-0.1, -0.05) is 12.1 Å². The molecular formula is C11H9IO. The second kappa shape index (κ2) is 2.74. The fraction of sp³-hybridized carbons (Fsp3) is 0.273. The van der Waals surface area contributed by atoms with Crippen LogP contribution in [0.2, 0.25) is 0 Å². The highest BCUT2D eigenvalue weighted by Crippen LogP contribution is 2.42. The number of benzene rings is 1. The highest BCUT2D eigenvalue weighted by atomic mass is 127. The summed E-state index contributed by atoms with van der Waals surface area (Å²) in [6.45, 7) is 0. The average molecular weight is 284 g/mol. The molecular weight excluding hydrogens is 275 g/mol. The van der Waals surface area contributed by atoms with Crippen molar-refractivity contribution < 1.29 is 4.42 Å². The molecule has 13 heavy (non-hydrogen) atoms. The summed E-state index contributed by atoms with van der Waals surface area (Å²) < 4.78 is 7.03. The monoisotopic (exact) mass is 284 g/mol. The minimum Gasteiger partial charge on any atom is -0.460 e. The van der Waals surface area contributed by atoms with Crippen LogP contribution in [0.5, 0.6) is 0 Å². The zero-order valence-corrected chi connectivity index (χ0v) is 9.24. The lowest BCUT2D eigenvalue weighted by molar-refractivity contribution is 0.551. The van der Waals surface area contributed by atoms with E-state index in [9.17, 15) is 0 Å². The van der Waals surface area contributed by atoms with Crippen LogP contribution in [0.3, 0.4) is 0 Å². The Hall–Kier alpha value is -0.510. The summed E-state index contributed by atoms with van der Waals surface area (Å²) in [4.78, 5) is 0. The molecule has 66 valence electrons. The molecule has 0 saturated heterocycles. The molecule has 1 aliphatic rings. The molecule has 2 aromatic rings. The second-order valence-electron chi connectivity index (χ2n) is 3.58. The van der Waals surface area contributed by atoms with Gasteiger partial charge in [0, 0.05) is 11.3 Å². The summed E-state index contributed by atoms with van der Waals surface area (Å²) in [5.41, 5.74) is 1.06. The van der Waals surface area contributed by atoms with Crippen molar-refractivity contribution >= 4 is 33.6 Å². The molecule has 0 N–H and O–H groups in total. The number of hydrogen-bond acceptors (Lipinski definition) is 1. The van der Waals surface area contributed by atoms with Gasteiger partial charge in [-0.2, -0.15) is 0 Å². The normalized spacial score (nSPS) is 16.7. The standard InChI is InChI=1S/C11H9IO/c12-9-3-1-2-8-6-10(7-4-5-7)13-11(8)9/h1-3,6-7H,4-5H2. The topological polar surface area (TPSA) is 13.1 Å². The van der Waals surface area contributed by atoms with Gasteiger partial charge in [-0.15, -0.1) is 0 Å². The number of furan rings is 1. The first-order chi connectivity index (χ1) is 6.34. The van der Waals surface area contributed by atoms with E-state index in [1.165, 1.54) is 27.6 Å². The highest BCUT2D eigenvalue weighted by molar-refractivity contribution is 14.1. The largest absolute Gasteiger partial charge is 0.460 e. The van der Waals surface area contributed by atoms with Gasteiger partial charge in [-0.3, -0.25) is 0 Å².